The smallest absolute Gasteiger partial charge is 0.261 e. The lowest BCUT2D eigenvalue weighted by atomic mass is 9.86. The van der Waals surface area contributed by atoms with Crippen LogP contribution in [0.1, 0.15) is 64.2 Å². The van der Waals surface area contributed by atoms with Crippen LogP contribution in [0, 0.1) is 6.92 Å². The standard InChI is InChI=1S/C27H38N2O3/c1-7-8-16-28-26(31)21(3)29(18-22-13-11-12-20(2)17-22)25(30)19-32-24-15-10-9-14-23(24)27(4,5)6/h9-15,17,21H,7-8,16,18-19H2,1-6H3,(H,28,31). The number of hydrogen-bond acceptors (Lipinski definition) is 3. The van der Waals surface area contributed by atoms with Crippen LogP contribution in [0.2, 0.25) is 0 Å². The van der Waals surface area contributed by atoms with E-state index in [-0.39, 0.29) is 23.8 Å². The number of carbonyl (C=O) groups excluding carboxylic acids is 2. The van der Waals surface area contributed by atoms with Crippen molar-refractivity contribution in [2.45, 2.75) is 72.4 Å². The number of amides is 2. The van der Waals surface area contributed by atoms with Crippen molar-refractivity contribution in [2.24, 2.45) is 0 Å². The van der Waals surface area contributed by atoms with Gasteiger partial charge >= 0.3 is 0 Å². The summed E-state index contributed by atoms with van der Waals surface area (Å²) in [6.45, 7) is 13.1. The van der Waals surface area contributed by atoms with Gasteiger partial charge in [0, 0.05) is 13.1 Å². The molecule has 0 aliphatic heterocycles. The van der Waals surface area contributed by atoms with Crippen molar-refractivity contribution in [3.63, 3.8) is 0 Å². The molecule has 0 fully saturated rings. The van der Waals surface area contributed by atoms with E-state index in [0.29, 0.717) is 18.8 Å². The summed E-state index contributed by atoms with van der Waals surface area (Å²) in [4.78, 5) is 27.6. The normalized spacial score (nSPS) is 12.2. The summed E-state index contributed by atoms with van der Waals surface area (Å²) in [5.74, 6) is 0.340. The molecule has 5 heteroatoms. The predicted molar refractivity (Wildman–Crippen MR) is 130 cm³/mol. The summed E-state index contributed by atoms with van der Waals surface area (Å²) in [5.41, 5.74) is 3.04. The van der Waals surface area contributed by atoms with Crippen molar-refractivity contribution in [2.75, 3.05) is 13.2 Å². The summed E-state index contributed by atoms with van der Waals surface area (Å²) in [5, 5.41) is 2.95. The third kappa shape index (κ3) is 7.40. The monoisotopic (exact) mass is 438 g/mol. The second-order valence-corrected chi connectivity index (χ2v) is 9.37. The van der Waals surface area contributed by atoms with Crippen molar-refractivity contribution >= 4 is 11.8 Å². The number of ether oxygens (including phenoxy) is 1. The van der Waals surface area contributed by atoms with Crippen LogP contribution in [-0.2, 0) is 21.5 Å². The van der Waals surface area contributed by atoms with E-state index < -0.39 is 6.04 Å². The molecule has 0 aliphatic carbocycles. The number of aryl methyl sites for hydroxylation is 1. The number of unbranched alkanes of at least 4 members (excludes halogenated alkanes) is 1. The first-order chi connectivity index (χ1) is 15.1. The van der Waals surface area contributed by atoms with Gasteiger partial charge in [-0.15, -0.1) is 0 Å². The van der Waals surface area contributed by atoms with Gasteiger partial charge in [0.05, 0.1) is 0 Å². The molecule has 1 atom stereocenters. The Labute approximate surface area is 193 Å². The molecule has 1 unspecified atom stereocenters. The van der Waals surface area contributed by atoms with Gasteiger partial charge in [0.15, 0.2) is 6.61 Å². The van der Waals surface area contributed by atoms with E-state index in [0.717, 1.165) is 29.5 Å². The number of hydrogen-bond donors (Lipinski definition) is 1. The zero-order chi connectivity index (χ0) is 23.7. The van der Waals surface area contributed by atoms with Crippen LogP contribution < -0.4 is 10.1 Å². The van der Waals surface area contributed by atoms with Gasteiger partial charge in [-0.2, -0.15) is 0 Å². The molecule has 0 aromatic heterocycles. The Kier molecular flexibility index (Phi) is 9.30. The molecular weight excluding hydrogens is 400 g/mol. The predicted octanol–water partition coefficient (Wildman–Crippen LogP) is 5.00. The van der Waals surface area contributed by atoms with Gasteiger partial charge in [0.2, 0.25) is 5.91 Å². The second-order valence-electron chi connectivity index (χ2n) is 9.37. The highest BCUT2D eigenvalue weighted by Crippen LogP contribution is 2.31. The Morgan fingerprint density at radius 3 is 2.47 bits per heavy atom. The summed E-state index contributed by atoms with van der Waals surface area (Å²) in [6.07, 6.45) is 1.92. The number of para-hydroxylation sites is 1. The fourth-order valence-electron chi connectivity index (χ4n) is 3.56. The quantitative estimate of drug-likeness (QED) is 0.531. The van der Waals surface area contributed by atoms with E-state index in [1.54, 1.807) is 11.8 Å². The van der Waals surface area contributed by atoms with Crippen LogP contribution in [0.3, 0.4) is 0 Å². The average Bonchev–Trinajstić information content (AvgIpc) is 2.75. The Hall–Kier alpha value is -2.82. The topological polar surface area (TPSA) is 58.6 Å². The van der Waals surface area contributed by atoms with Gasteiger partial charge < -0.3 is 15.0 Å². The molecule has 0 radical (unpaired) electrons. The van der Waals surface area contributed by atoms with E-state index >= 15 is 0 Å². The number of nitrogens with one attached hydrogen (secondary N) is 1. The van der Waals surface area contributed by atoms with Gasteiger partial charge in [-0.05, 0) is 42.9 Å². The highest BCUT2D eigenvalue weighted by Gasteiger charge is 2.27. The summed E-state index contributed by atoms with van der Waals surface area (Å²) in [6, 6.07) is 15.2. The molecule has 2 aromatic carbocycles. The zero-order valence-electron chi connectivity index (χ0n) is 20.4. The lowest BCUT2D eigenvalue weighted by Crippen LogP contribution is -2.49. The lowest BCUT2D eigenvalue weighted by molar-refractivity contribution is -0.142. The first-order valence-corrected chi connectivity index (χ1v) is 11.5. The molecule has 2 amide bonds. The van der Waals surface area contributed by atoms with E-state index in [1.807, 2.05) is 55.5 Å². The third-order valence-corrected chi connectivity index (χ3v) is 5.48. The minimum Gasteiger partial charge on any atom is -0.483 e. The van der Waals surface area contributed by atoms with Gasteiger partial charge in [0.1, 0.15) is 11.8 Å². The van der Waals surface area contributed by atoms with Gasteiger partial charge in [-0.1, -0.05) is 82.1 Å². The van der Waals surface area contributed by atoms with Crippen molar-refractivity contribution in [3.05, 3.63) is 65.2 Å². The van der Waals surface area contributed by atoms with Crippen LogP contribution in [0.15, 0.2) is 48.5 Å². The van der Waals surface area contributed by atoms with E-state index in [9.17, 15) is 9.59 Å². The minimum absolute atomic E-state index is 0.104. The molecule has 0 spiro atoms. The minimum atomic E-state index is -0.596. The maximum atomic E-state index is 13.3. The molecular formula is C27H38N2O3. The Balaban J connectivity index is 2.19. The largest absolute Gasteiger partial charge is 0.483 e. The van der Waals surface area contributed by atoms with E-state index in [1.165, 1.54) is 0 Å². The number of carbonyl (C=O) groups is 2. The highest BCUT2D eigenvalue weighted by molar-refractivity contribution is 5.88. The van der Waals surface area contributed by atoms with Gasteiger partial charge in [0.25, 0.3) is 5.91 Å². The summed E-state index contributed by atoms with van der Waals surface area (Å²) >= 11 is 0. The Morgan fingerprint density at radius 2 is 1.81 bits per heavy atom. The second kappa shape index (κ2) is 11.7. The van der Waals surface area contributed by atoms with Crippen LogP contribution >= 0.6 is 0 Å². The molecule has 5 nitrogen and oxygen atoms in total. The Morgan fingerprint density at radius 1 is 1.09 bits per heavy atom. The van der Waals surface area contributed by atoms with Crippen molar-refractivity contribution < 1.29 is 14.3 Å². The molecule has 32 heavy (non-hydrogen) atoms. The van der Waals surface area contributed by atoms with Crippen molar-refractivity contribution in [1.29, 1.82) is 0 Å². The number of rotatable bonds is 10. The maximum Gasteiger partial charge on any atom is 0.261 e. The maximum absolute atomic E-state index is 13.3. The average molecular weight is 439 g/mol. The van der Waals surface area contributed by atoms with E-state index in [2.05, 4.69) is 33.0 Å². The lowest BCUT2D eigenvalue weighted by Gasteiger charge is -2.29. The molecule has 174 valence electrons. The van der Waals surface area contributed by atoms with Crippen LogP contribution in [-0.4, -0.2) is 35.9 Å². The molecule has 0 saturated heterocycles. The molecule has 0 saturated carbocycles. The van der Waals surface area contributed by atoms with Gasteiger partial charge in [-0.3, -0.25) is 9.59 Å². The number of nitrogens with zero attached hydrogens (tertiary/aromatic N) is 1. The molecule has 1 N–H and O–H groups in total. The van der Waals surface area contributed by atoms with Crippen molar-refractivity contribution in [3.8, 4) is 5.75 Å². The zero-order valence-corrected chi connectivity index (χ0v) is 20.4. The summed E-state index contributed by atoms with van der Waals surface area (Å²) in [7, 11) is 0. The fourth-order valence-corrected chi connectivity index (χ4v) is 3.56. The van der Waals surface area contributed by atoms with Gasteiger partial charge in [-0.25, -0.2) is 0 Å². The SMILES string of the molecule is CCCCNC(=O)C(C)N(Cc1cccc(C)c1)C(=O)COc1ccccc1C(C)(C)C. The fraction of sp³-hybridized carbons (Fsp3) is 0.481. The van der Waals surface area contributed by atoms with Crippen LogP contribution in [0.5, 0.6) is 5.75 Å². The Bertz CT molecular complexity index is 902. The molecule has 2 rings (SSSR count). The van der Waals surface area contributed by atoms with Crippen LogP contribution in [0.25, 0.3) is 0 Å². The van der Waals surface area contributed by atoms with Crippen LogP contribution in [0.4, 0.5) is 0 Å². The third-order valence-electron chi connectivity index (χ3n) is 5.48. The number of benzene rings is 2. The molecule has 0 aliphatic rings. The highest BCUT2D eigenvalue weighted by atomic mass is 16.5. The van der Waals surface area contributed by atoms with Crippen molar-refractivity contribution in [1.82, 2.24) is 10.2 Å². The summed E-state index contributed by atoms with van der Waals surface area (Å²) < 4.78 is 5.97. The molecule has 2 aromatic rings. The first kappa shape index (κ1) is 25.4. The van der Waals surface area contributed by atoms with E-state index in [4.69, 9.17) is 4.74 Å². The molecule has 0 bridgehead atoms. The first-order valence-electron chi connectivity index (χ1n) is 11.5. The molecule has 0 heterocycles.